The summed E-state index contributed by atoms with van der Waals surface area (Å²) in [5, 5.41) is 5.60. The number of halogens is 1. The molecule has 0 amide bonds. The van der Waals surface area contributed by atoms with Gasteiger partial charge in [-0.05, 0) is 36.8 Å². The number of benzene rings is 2. The molecular formula is C13H13ClN2O3S. The van der Waals surface area contributed by atoms with Crippen LogP contribution in [0, 0.1) is 6.92 Å². The summed E-state index contributed by atoms with van der Waals surface area (Å²) in [4.78, 5) is -0.172. The second-order valence-corrected chi connectivity index (χ2v) is 6.19. The summed E-state index contributed by atoms with van der Waals surface area (Å²) in [5.41, 5.74) is 6.60. The zero-order valence-electron chi connectivity index (χ0n) is 10.6. The van der Waals surface area contributed by atoms with Crippen LogP contribution in [0.5, 0.6) is 11.5 Å². The van der Waals surface area contributed by atoms with E-state index in [1.165, 1.54) is 12.1 Å². The van der Waals surface area contributed by atoms with E-state index in [4.69, 9.17) is 27.2 Å². The molecule has 0 saturated carbocycles. The minimum atomic E-state index is -3.90. The van der Waals surface area contributed by atoms with Crippen LogP contribution in [0.2, 0.25) is 5.02 Å². The Kier molecular flexibility index (Phi) is 3.89. The minimum Gasteiger partial charge on any atom is -0.455 e. The molecule has 0 aliphatic rings. The standard InChI is InChI=1S/C13H13ClN2O3S/c1-8-5-6-9(14)7-11(8)19-10-3-2-4-12(13(10)15)20(16,17)18/h2-7H,15H2,1H3,(H2,16,17,18). The third kappa shape index (κ3) is 3.04. The molecule has 0 radical (unpaired) electrons. The van der Waals surface area contributed by atoms with Gasteiger partial charge in [-0.3, -0.25) is 0 Å². The van der Waals surface area contributed by atoms with Crippen LogP contribution in [0.25, 0.3) is 0 Å². The first kappa shape index (κ1) is 14.6. The summed E-state index contributed by atoms with van der Waals surface area (Å²) in [6.45, 7) is 1.84. The summed E-state index contributed by atoms with van der Waals surface area (Å²) >= 11 is 5.90. The summed E-state index contributed by atoms with van der Waals surface area (Å²) in [6.07, 6.45) is 0. The van der Waals surface area contributed by atoms with E-state index in [-0.39, 0.29) is 16.3 Å². The van der Waals surface area contributed by atoms with E-state index < -0.39 is 10.0 Å². The van der Waals surface area contributed by atoms with Crippen LogP contribution < -0.4 is 15.6 Å². The van der Waals surface area contributed by atoms with Crippen molar-refractivity contribution in [1.82, 2.24) is 0 Å². The number of aryl methyl sites for hydroxylation is 1. The number of sulfonamides is 1. The van der Waals surface area contributed by atoms with E-state index in [2.05, 4.69) is 0 Å². The molecule has 0 unspecified atom stereocenters. The normalized spacial score (nSPS) is 11.3. The highest BCUT2D eigenvalue weighted by Gasteiger charge is 2.16. The van der Waals surface area contributed by atoms with Gasteiger partial charge in [-0.2, -0.15) is 0 Å². The topological polar surface area (TPSA) is 95.4 Å². The van der Waals surface area contributed by atoms with Crippen molar-refractivity contribution in [2.45, 2.75) is 11.8 Å². The van der Waals surface area contributed by atoms with E-state index in [0.29, 0.717) is 10.8 Å². The van der Waals surface area contributed by atoms with Crippen LogP contribution in [0.15, 0.2) is 41.3 Å². The predicted octanol–water partition coefficient (Wildman–Crippen LogP) is 2.67. The highest BCUT2D eigenvalue weighted by Crippen LogP contribution is 2.34. The molecule has 0 fully saturated rings. The first-order valence-electron chi connectivity index (χ1n) is 5.64. The SMILES string of the molecule is Cc1ccc(Cl)cc1Oc1cccc(S(N)(=O)=O)c1N. The van der Waals surface area contributed by atoms with Crippen LogP contribution in [0.4, 0.5) is 5.69 Å². The van der Waals surface area contributed by atoms with Gasteiger partial charge in [-0.25, -0.2) is 13.6 Å². The van der Waals surface area contributed by atoms with Gasteiger partial charge < -0.3 is 10.5 Å². The van der Waals surface area contributed by atoms with Gasteiger partial charge in [0.05, 0.1) is 5.69 Å². The second-order valence-electron chi connectivity index (χ2n) is 4.22. The molecule has 7 heteroatoms. The van der Waals surface area contributed by atoms with Gasteiger partial charge in [-0.15, -0.1) is 0 Å². The number of ether oxygens (including phenoxy) is 1. The lowest BCUT2D eigenvalue weighted by Crippen LogP contribution is -2.14. The van der Waals surface area contributed by atoms with Gasteiger partial charge >= 0.3 is 0 Å². The van der Waals surface area contributed by atoms with Crippen molar-refractivity contribution in [1.29, 1.82) is 0 Å². The number of nitrogens with two attached hydrogens (primary N) is 2. The number of para-hydroxylation sites is 1. The van der Waals surface area contributed by atoms with Gasteiger partial charge in [0, 0.05) is 5.02 Å². The highest BCUT2D eigenvalue weighted by atomic mass is 35.5. The van der Waals surface area contributed by atoms with Crippen LogP contribution in [-0.4, -0.2) is 8.42 Å². The molecule has 0 saturated heterocycles. The fourth-order valence-corrected chi connectivity index (χ4v) is 2.50. The molecule has 0 bridgehead atoms. The maximum absolute atomic E-state index is 11.4. The van der Waals surface area contributed by atoms with E-state index in [1.807, 2.05) is 6.92 Å². The number of rotatable bonds is 3. The van der Waals surface area contributed by atoms with Crippen molar-refractivity contribution >= 4 is 27.3 Å². The maximum Gasteiger partial charge on any atom is 0.240 e. The zero-order valence-corrected chi connectivity index (χ0v) is 12.2. The van der Waals surface area contributed by atoms with Gasteiger partial charge in [0.2, 0.25) is 10.0 Å². The first-order chi connectivity index (χ1) is 9.29. The Hall–Kier alpha value is -1.76. The van der Waals surface area contributed by atoms with Crippen molar-refractivity contribution in [3.63, 3.8) is 0 Å². The molecule has 5 nitrogen and oxygen atoms in total. The Morgan fingerprint density at radius 2 is 1.85 bits per heavy atom. The molecule has 4 N–H and O–H groups in total. The zero-order chi connectivity index (χ0) is 14.9. The molecule has 0 aromatic heterocycles. The van der Waals surface area contributed by atoms with E-state index in [0.717, 1.165) is 5.56 Å². The van der Waals surface area contributed by atoms with Crippen LogP contribution in [0.1, 0.15) is 5.56 Å². The van der Waals surface area contributed by atoms with Gasteiger partial charge in [0.25, 0.3) is 0 Å². The average molecular weight is 313 g/mol. The Morgan fingerprint density at radius 1 is 1.15 bits per heavy atom. The minimum absolute atomic E-state index is 0.0330. The van der Waals surface area contributed by atoms with Crippen molar-refractivity contribution in [3.05, 3.63) is 47.0 Å². The number of anilines is 1. The largest absolute Gasteiger partial charge is 0.455 e. The van der Waals surface area contributed by atoms with Crippen molar-refractivity contribution in [3.8, 4) is 11.5 Å². The van der Waals surface area contributed by atoms with Crippen LogP contribution in [-0.2, 0) is 10.0 Å². The van der Waals surface area contributed by atoms with Gasteiger partial charge in [-0.1, -0.05) is 23.7 Å². The summed E-state index contributed by atoms with van der Waals surface area (Å²) in [6, 6.07) is 9.53. The lowest BCUT2D eigenvalue weighted by atomic mass is 10.2. The molecule has 2 rings (SSSR count). The first-order valence-corrected chi connectivity index (χ1v) is 7.57. The third-order valence-electron chi connectivity index (χ3n) is 2.70. The Bertz CT molecular complexity index is 760. The number of nitrogen functional groups attached to an aromatic ring is 1. The Balaban J connectivity index is 2.47. The molecule has 0 aliphatic heterocycles. The third-order valence-corrected chi connectivity index (χ3v) is 3.91. The van der Waals surface area contributed by atoms with Crippen molar-refractivity contribution < 1.29 is 13.2 Å². The average Bonchev–Trinajstić information content (AvgIpc) is 2.35. The van der Waals surface area contributed by atoms with Gasteiger partial charge in [0.15, 0.2) is 5.75 Å². The summed E-state index contributed by atoms with van der Waals surface area (Å²) in [5.74, 6) is 0.706. The molecule has 0 spiro atoms. The molecule has 106 valence electrons. The van der Waals surface area contributed by atoms with Crippen LogP contribution in [0.3, 0.4) is 0 Å². The number of primary sulfonamides is 1. The molecule has 0 heterocycles. The molecule has 2 aromatic carbocycles. The predicted molar refractivity (Wildman–Crippen MR) is 78.5 cm³/mol. The van der Waals surface area contributed by atoms with Gasteiger partial charge in [0.1, 0.15) is 10.6 Å². The Labute approximate surface area is 122 Å². The highest BCUT2D eigenvalue weighted by molar-refractivity contribution is 7.89. The second kappa shape index (κ2) is 5.32. The summed E-state index contributed by atoms with van der Waals surface area (Å²) in [7, 11) is -3.90. The fourth-order valence-electron chi connectivity index (χ4n) is 1.66. The fraction of sp³-hybridized carbons (Fsp3) is 0.0769. The number of hydrogen-bond acceptors (Lipinski definition) is 4. The molecule has 2 aromatic rings. The molecule has 20 heavy (non-hydrogen) atoms. The van der Waals surface area contributed by atoms with Crippen molar-refractivity contribution in [2.24, 2.45) is 5.14 Å². The molecular weight excluding hydrogens is 300 g/mol. The van der Waals surface area contributed by atoms with E-state index >= 15 is 0 Å². The van der Waals surface area contributed by atoms with Crippen LogP contribution >= 0.6 is 11.6 Å². The van der Waals surface area contributed by atoms with E-state index in [1.54, 1.807) is 24.3 Å². The monoisotopic (exact) mass is 312 g/mol. The van der Waals surface area contributed by atoms with E-state index in [9.17, 15) is 8.42 Å². The van der Waals surface area contributed by atoms with Crippen molar-refractivity contribution in [2.75, 3.05) is 5.73 Å². The lowest BCUT2D eigenvalue weighted by molar-refractivity contribution is 0.480. The Morgan fingerprint density at radius 3 is 2.50 bits per heavy atom. The summed E-state index contributed by atoms with van der Waals surface area (Å²) < 4.78 is 28.4. The smallest absolute Gasteiger partial charge is 0.240 e. The maximum atomic E-state index is 11.4. The quantitative estimate of drug-likeness (QED) is 0.852. The molecule has 0 aliphatic carbocycles. The lowest BCUT2D eigenvalue weighted by Gasteiger charge is -2.13. The molecule has 0 atom stereocenters. The number of hydrogen-bond donors (Lipinski definition) is 2.